The van der Waals surface area contributed by atoms with Gasteiger partial charge in [-0.3, -0.25) is 0 Å². The molecule has 0 spiro atoms. The van der Waals surface area contributed by atoms with Crippen LogP contribution in [-0.2, 0) is 0 Å². The highest BCUT2D eigenvalue weighted by Crippen LogP contribution is 2.25. The molecule has 20 heavy (non-hydrogen) atoms. The van der Waals surface area contributed by atoms with Gasteiger partial charge in [0.05, 0.1) is 0 Å². The van der Waals surface area contributed by atoms with Gasteiger partial charge in [0, 0.05) is 11.4 Å². The van der Waals surface area contributed by atoms with Crippen LogP contribution in [0.2, 0.25) is 0 Å². The fraction of sp³-hybridized carbons (Fsp3) is 0.158. The topological polar surface area (TPSA) is 12.0 Å². The van der Waals surface area contributed by atoms with Gasteiger partial charge >= 0.3 is 0 Å². The third-order valence-corrected chi connectivity index (χ3v) is 3.71. The Bertz CT molecular complexity index is 621. The molecule has 1 unspecified atom stereocenters. The molecule has 2 aromatic rings. The van der Waals surface area contributed by atoms with Gasteiger partial charge < -0.3 is 5.32 Å². The minimum atomic E-state index is 0.564. The van der Waals surface area contributed by atoms with E-state index >= 15 is 0 Å². The van der Waals surface area contributed by atoms with Crippen LogP contribution >= 0.6 is 0 Å². The van der Waals surface area contributed by atoms with Crippen molar-refractivity contribution in [3.05, 3.63) is 78.5 Å². The summed E-state index contributed by atoms with van der Waals surface area (Å²) in [5, 5.41) is 3.52. The lowest BCUT2D eigenvalue weighted by Gasteiger charge is -2.19. The van der Waals surface area contributed by atoms with Crippen molar-refractivity contribution in [3.8, 4) is 11.1 Å². The first-order valence-corrected chi connectivity index (χ1v) is 7.12. The Labute approximate surface area is 120 Å². The smallest absolute Gasteiger partial charge is 0.0382 e. The molecule has 0 aliphatic heterocycles. The summed E-state index contributed by atoms with van der Waals surface area (Å²) in [4.78, 5) is 0. The Morgan fingerprint density at radius 2 is 1.60 bits per heavy atom. The summed E-state index contributed by atoms with van der Waals surface area (Å²) in [7, 11) is 0. The van der Waals surface area contributed by atoms with Crippen LogP contribution in [0.3, 0.4) is 0 Å². The average Bonchev–Trinajstić information content (AvgIpc) is 2.51. The van der Waals surface area contributed by atoms with Gasteiger partial charge in [0.2, 0.25) is 0 Å². The molecule has 1 heteroatoms. The normalized spacial score (nSPS) is 17.6. The van der Waals surface area contributed by atoms with Crippen molar-refractivity contribution in [3.63, 3.8) is 0 Å². The number of nitrogens with one attached hydrogen (secondary N) is 1. The summed E-state index contributed by atoms with van der Waals surface area (Å²) in [6.07, 6.45) is 7.62. The van der Waals surface area contributed by atoms with Crippen LogP contribution in [0.25, 0.3) is 11.1 Å². The Balaban J connectivity index is 1.77. The highest BCUT2D eigenvalue weighted by molar-refractivity contribution is 5.66. The zero-order chi connectivity index (χ0) is 13.8. The van der Waals surface area contributed by atoms with Crippen molar-refractivity contribution in [1.29, 1.82) is 0 Å². The molecule has 0 bridgehead atoms. The van der Waals surface area contributed by atoms with E-state index in [1.54, 1.807) is 0 Å². The van der Waals surface area contributed by atoms with Crippen LogP contribution in [0, 0.1) is 5.92 Å². The van der Waals surface area contributed by atoms with Crippen molar-refractivity contribution in [2.75, 3.05) is 5.32 Å². The van der Waals surface area contributed by atoms with Gasteiger partial charge in [-0.25, -0.2) is 0 Å². The molecule has 0 radical (unpaired) electrons. The summed E-state index contributed by atoms with van der Waals surface area (Å²) in [6, 6.07) is 19.1. The summed E-state index contributed by atoms with van der Waals surface area (Å²) < 4.78 is 0. The molecular weight excluding hydrogens is 242 g/mol. The van der Waals surface area contributed by atoms with Crippen LogP contribution in [0.5, 0.6) is 0 Å². The highest BCUT2D eigenvalue weighted by atomic mass is 14.9. The zero-order valence-corrected chi connectivity index (χ0v) is 11.7. The van der Waals surface area contributed by atoms with Gasteiger partial charge in [0.25, 0.3) is 0 Å². The second kappa shape index (κ2) is 5.79. The molecule has 0 aromatic heterocycles. The molecule has 0 amide bonds. The second-order valence-electron chi connectivity index (χ2n) is 5.26. The van der Waals surface area contributed by atoms with Crippen LogP contribution in [0.15, 0.2) is 78.5 Å². The predicted molar refractivity (Wildman–Crippen MR) is 86.5 cm³/mol. The molecule has 3 rings (SSSR count). The SMILES string of the molecule is CC1CC=CC=C1Nc1ccc(-c2ccccc2)cc1. The highest BCUT2D eigenvalue weighted by Gasteiger charge is 2.09. The van der Waals surface area contributed by atoms with E-state index in [1.807, 2.05) is 6.07 Å². The molecule has 100 valence electrons. The molecule has 1 aliphatic rings. The zero-order valence-electron chi connectivity index (χ0n) is 11.7. The van der Waals surface area contributed by atoms with E-state index in [2.05, 4.69) is 79.0 Å². The Hall–Kier alpha value is -2.28. The molecular formula is C19H19N. The van der Waals surface area contributed by atoms with Crippen molar-refractivity contribution >= 4 is 5.69 Å². The molecule has 0 heterocycles. The maximum absolute atomic E-state index is 3.52. The standard InChI is InChI=1S/C19H19N/c1-15-7-5-6-10-19(15)20-18-13-11-17(12-14-18)16-8-3-2-4-9-16/h2-6,8-15,20H,7H2,1H3. The maximum atomic E-state index is 3.52. The first-order chi connectivity index (χ1) is 9.83. The summed E-state index contributed by atoms with van der Waals surface area (Å²) in [5.74, 6) is 0.564. The van der Waals surface area contributed by atoms with Gasteiger partial charge in [-0.05, 0) is 41.7 Å². The Morgan fingerprint density at radius 1 is 0.900 bits per heavy atom. The number of allylic oxidation sites excluding steroid dienone is 4. The number of rotatable bonds is 3. The van der Waals surface area contributed by atoms with Gasteiger partial charge in [0.15, 0.2) is 0 Å². The predicted octanol–water partition coefficient (Wildman–Crippen LogP) is 5.25. The van der Waals surface area contributed by atoms with Gasteiger partial charge in [0.1, 0.15) is 0 Å². The van der Waals surface area contributed by atoms with Gasteiger partial charge in [-0.2, -0.15) is 0 Å². The Morgan fingerprint density at radius 3 is 2.30 bits per heavy atom. The summed E-state index contributed by atoms with van der Waals surface area (Å²) in [5.41, 5.74) is 4.95. The fourth-order valence-corrected chi connectivity index (χ4v) is 2.45. The van der Waals surface area contributed by atoms with Crippen LogP contribution in [0.4, 0.5) is 5.69 Å². The average molecular weight is 261 g/mol. The van der Waals surface area contributed by atoms with Crippen LogP contribution in [-0.4, -0.2) is 0 Å². The first kappa shape index (κ1) is 12.7. The van der Waals surface area contributed by atoms with E-state index in [4.69, 9.17) is 0 Å². The third-order valence-electron chi connectivity index (χ3n) is 3.71. The monoisotopic (exact) mass is 261 g/mol. The first-order valence-electron chi connectivity index (χ1n) is 7.12. The maximum Gasteiger partial charge on any atom is 0.0382 e. The van der Waals surface area contributed by atoms with E-state index in [0.29, 0.717) is 5.92 Å². The van der Waals surface area contributed by atoms with E-state index in [0.717, 1.165) is 12.1 Å². The third kappa shape index (κ3) is 2.83. The molecule has 2 aromatic carbocycles. The van der Waals surface area contributed by atoms with Gasteiger partial charge in [-0.15, -0.1) is 0 Å². The minimum Gasteiger partial charge on any atom is -0.359 e. The van der Waals surface area contributed by atoms with Gasteiger partial charge in [-0.1, -0.05) is 61.5 Å². The van der Waals surface area contributed by atoms with E-state index < -0.39 is 0 Å². The Kier molecular flexibility index (Phi) is 3.69. The lowest BCUT2D eigenvalue weighted by Crippen LogP contribution is -2.10. The summed E-state index contributed by atoms with van der Waals surface area (Å²) in [6.45, 7) is 2.25. The number of benzene rings is 2. The lowest BCUT2D eigenvalue weighted by molar-refractivity contribution is 0.691. The molecule has 0 fully saturated rings. The molecule has 1 aliphatic carbocycles. The fourth-order valence-electron chi connectivity index (χ4n) is 2.45. The molecule has 1 atom stereocenters. The molecule has 0 saturated heterocycles. The van der Waals surface area contributed by atoms with E-state index in [-0.39, 0.29) is 0 Å². The minimum absolute atomic E-state index is 0.564. The second-order valence-corrected chi connectivity index (χ2v) is 5.26. The van der Waals surface area contributed by atoms with Crippen molar-refractivity contribution in [2.45, 2.75) is 13.3 Å². The van der Waals surface area contributed by atoms with Crippen LogP contribution in [0.1, 0.15) is 13.3 Å². The lowest BCUT2D eigenvalue weighted by atomic mass is 9.98. The van der Waals surface area contributed by atoms with Crippen molar-refractivity contribution in [2.24, 2.45) is 5.92 Å². The number of hydrogen-bond donors (Lipinski definition) is 1. The summed E-state index contributed by atoms with van der Waals surface area (Å²) >= 11 is 0. The molecule has 0 saturated carbocycles. The van der Waals surface area contributed by atoms with Crippen molar-refractivity contribution < 1.29 is 0 Å². The number of anilines is 1. The number of hydrogen-bond acceptors (Lipinski definition) is 1. The molecule has 1 N–H and O–H groups in total. The van der Waals surface area contributed by atoms with E-state index in [9.17, 15) is 0 Å². The van der Waals surface area contributed by atoms with Crippen molar-refractivity contribution in [1.82, 2.24) is 0 Å². The quantitative estimate of drug-likeness (QED) is 0.796. The van der Waals surface area contributed by atoms with E-state index in [1.165, 1.54) is 16.8 Å². The largest absolute Gasteiger partial charge is 0.359 e. The van der Waals surface area contributed by atoms with Crippen LogP contribution < -0.4 is 5.32 Å². The molecule has 1 nitrogen and oxygen atoms in total.